The number of halogens is 1. The van der Waals surface area contributed by atoms with E-state index in [9.17, 15) is 0 Å². The number of hydrogen-bond donors (Lipinski definition) is 1. The highest BCUT2D eigenvalue weighted by Gasteiger charge is 2.23. The molecule has 0 bridgehead atoms. The van der Waals surface area contributed by atoms with Crippen molar-refractivity contribution in [1.29, 1.82) is 0 Å². The Hall–Kier alpha value is -1.21. The number of nitrogens with one attached hydrogen (secondary N) is 1. The minimum absolute atomic E-state index is 0.0113. The maximum absolute atomic E-state index is 4.48. The van der Waals surface area contributed by atoms with Gasteiger partial charge in [-0.2, -0.15) is 5.10 Å². The maximum atomic E-state index is 4.48. The van der Waals surface area contributed by atoms with Crippen LogP contribution in [0.3, 0.4) is 0 Å². The van der Waals surface area contributed by atoms with Crippen molar-refractivity contribution in [3.8, 4) is 0 Å². The first-order valence-corrected chi connectivity index (χ1v) is 6.62. The summed E-state index contributed by atoms with van der Waals surface area (Å²) in [5.41, 5.74) is 3.17. The highest BCUT2D eigenvalue weighted by Crippen LogP contribution is 2.26. The van der Waals surface area contributed by atoms with Crippen molar-refractivity contribution in [2.75, 3.05) is 7.05 Å². The van der Waals surface area contributed by atoms with Crippen molar-refractivity contribution in [3.63, 3.8) is 0 Å². The lowest BCUT2D eigenvalue weighted by Crippen LogP contribution is -2.23. The van der Waals surface area contributed by atoms with Crippen molar-refractivity contribution < 1.29 is 0 Å². The summed E-state index contributed by atoms with van der Waals surface area (Å²) in [6, 6.07) is 2.12. The Morgan fingerprint density at radius 2 is 2.11 bits per heavy atom. The fourth-order valence-electron chi connectivity index (χ4n) is 2.06. The standard InChI is InChI=1S/C11H17BrN6/c1-5-7-6-8(17(3)15-7)9(13-2)10-11(12)14-16-18(10)4/h6,9,13H,5H2,1-4H3. The largest absolute Gasteiger partial charge is 0.307 e. The lowest BCUT2D eigenvalue weighted by Gasteiger charge is -2.16. The van der Waals surface area contributed by atoms with Gasteiger partial charge in [0.15, 0.2) is 4.60 Å². The van der Waals surface area contributed by atoms with E-state index < -0.39 is 0 Å². The zero-order valence-corrected chi connectivity index (χ0v) is 12.6. The first kappa shape index (κ1) is 13.2. The van der Waals surface area contributed by atoms with Crippen molar-refractivity contribution in [1.82, 2.24) is 30.1 Å². The van der Waals surface area contributed by atoms with Crippen molar-refractivity contribution >= 4 is 15.9 Å². The Kier molecular flexibility index (Phi) is 3.82. The monoisotopic (exact) mass is 312 g/mol. The van der Waals surface area contributed by atoms with Gasteiger partial charge in [0.05, 0.1) is 23.1 Å². The number of rotatable bonds is 4. The lowest BCUT2D eigenvalue weighted by molar-refractivity contribution is 0.555. The number of nitrogens with zero attached hydrogens (tertiary/aromatic N) is 5. The topological polar surface area (TPSA) is 60.6 Å². The van der Waals surface area contributed by atoms with E-state index in [1.807, 2.05) is 25.8 Å². The molecule has 0 aliphatic carbocycles. The summed E-state index contributed by atoms with van der Waals surface area (Å²) in [6.45, 7) is 2.10. The Labute approximate surface area is 114 Å². The van der Waals surface area contributed by atoms with Gasteiger partial charge in [-0.3, -0.25) is 4.68 Å². The summed E-state index contributed by atoms with van der Waals surface area (Å²) in [5.74, 6) is 0. The normalized spacial score (nSPS) is 12.9. The second-order valence-corrected chi connectivity index (χ2v) is 4.90. The summed E-state index contributed by atoms with van der Waals surface area (Å²) < 4.78 is 4.42. The van der Waals surface area contributed by atoms with Crippen molar-refractivity contribution in [2.45, 2.75) is 19.4 Å². The molecule has 0 aromatic carbocycles. The molecule has 1 N–H and O–H groups in total. The first-order chi connectivity index (χ1) is 8.58. The van der Waals surface area contributed by atoms with E-state index in [0.29, 0.717) is 0 Å². The first-order valence-electron chi connectivity index (χ1n) is 5.83. The summed E-state index contributed by atoms with van der Waals surface area (Å²) in [6.07, 6.45) is 0.926. The highest BCUT2D eigenvalue weighted by molar-refractivity contribution is 9.10. The fraction of sp³-hybridized carbons (Fsp3) is 0.545. The van der Waals surface area contributed by atoms with Crippen LogP contribution in [-0.4, -0.2) is 31.8 Å². The third-order valence-corrected chi connectivity index (χ3v) is 3.58. The molecule has 98 valence electrons. The molecule has 0 fully saturated rings. The molecule has 0 saturated carbocycles. The summed E-state index contributed by atoms with van der Waals surface area (Å²) in [5, 5.41) is 15.8. The molecule has 18 heavy (non-hydrogen) atoms. The molecule has 2 aromatic rings. The molecule has 0 radical (unpaired) electrons. The molecular weight excluding hydrogens is 296 g/mol. The molecule has 2 aromatic heterocycles. The van der Waals surface area contributed by atoms with Gasteiger partial charge in [-0.25, -0.2) is 4.68 Å². The average Bonchev–Trinajstić information content (AvgIpc) is 2.88. The zero-order valence-electron chi connectivity index (χ0n) is 11.0. The second kappa shape index (κ2) is 5.19. The molecule has 0 amide bonds. The molecule has 1 unspecified atom stereocenters. The summed E-state index contributed by atoms with van der Waals surface area (Å²) in [7, 11) is 5.76. The van der Waals surface area contributed by atoms with E-state index >= 15 is 0 Å². The SMILES string of the molecule is CCc1cc(C(NC)c2c(Br)nnn2C)n(C)n1. The predicted octanol–water partition coefficient (Wildman–Crippen LogP) is 1.18. The van der Waals surface area contributed by atoms with Gasteiger partial charge in [0.25, 0.3) is 0 Å². The fourth-order valence-corrected chi connectivity index (χ4v) is 2.61. The smallest absolute Gasteiger partial charge is 0.153 e. The van der Waals surface area contributed by atoms with Crippen LogP contribution in [0, 0.1) is 0 Å². The van der Waals surface area contributed by atoms with E-state index in [4.69, 9.17) is 0 Å². The van der Waals surface area contributed by atoms with Crippen LogP contribution in [0.15, 0.2) is 10.7 Å². The van der Waals surface area contributed by atoms with Gasteiger partial charge in [-0.1, -0.05) is 12.1 Å². The van der Waals surface area contributed by atoms with Gasteiger partial charge in [0, 0.05) is 14.1 Å². The molecule has 0 aliphatic heterocycles. The molecule has 0 saturated heterocycles. The number of aryl methyl sites for hydroxylation is 3. The number of hydrogen-bond acceptors (Lipinski definition) is 4. The van der Waals surface area contributed by atoms with Crippen molar-refractivity contribution in [3.05, 3.63) is 27.8 Å². The third-order valence-electron chi connectivity index (χ3n) is 3.01. The lowest BCUT2D eigenvalue weighted by atomic mass is 10.1. The molecule has 0 aliphatic rings. The Bertz CT molecular complexity index is 524. The third kappa shape index (κ3) is 2.20. The van der Waals surface area contributed by atoms with Crippen LogP contribution < -0.4 is 5.32 Å². The molecule has 0 spiro atoms. The van der Waals surface area contributed by atoms with Crippen LogP contribution >= 0.6 is 15.9 Å². The van der Waals surface area contributed by atoms with E-state index in [-0.39, 0.29) is 6.04 Å². The van der Waals surface area contributed by atoms with Crippen molar-refractivity contribution in [2.24, 2.45) is 14.1 Å². The molecule has 2 rings (SSSR count). The van der Waals surface area contributed by atoms with Gasteiger partial charge < -0.3 is 5.32 Å². The van der Waals surface area contributed by atoms with E-state index in [2.05, 4.69) is 49.6 Å². The van der Waals surface area contributed by atoms with Gasteiger partial charge >= 0.3 is 0 Å². The van der Waals surface area contributed by atoms with Crippen LogP contribution in [0.1, 0.15) is 30.0 Å². The van der Waals surface area contributed by atoms with Crippen LogP contribution in [0.4, 0.5) is 0 Å². The van der Waals surface area contributed by atoms with Crippen LogP contribution in [0.25, 0.3) is 0 Å². The molecule has 7 heteroatoms. The molecular formula is C11H17BrN6. The minimum Gasteiger partial charge on any atom is -0.307 e. The zero-order chi connectivity index (χ0) is 13.3. The Morgan fingerprint density at radius 3 is 2.56 bits per heavy atom. The molecule has 6 nitrogen and oxygen atoms in total. The highest BCUT2D eigenvalue weighted by atomic mass is 79.9. The summed E-state index contributed by atoms with van der Waals surface area (Å²) >= 11 is 3.44. The van der Waals surface area contributed by atoms with E-state index in [1.54, 1.807) is 4.68 Å². The van der Waals surface area contributed by atoms with Crippen LogP contribution in [0.2, 0.25) is 0 Å². The maximum Gasteiger partial charge on any atom is 0.153 e. The second-order valence-electron chi connectivity index (χ2n) is 4.15. The van der Waals surface area contributed by atoms with Gasteiger partial charge in [0.1, 0.15) is 0 Å². The van der Waals surface area contributed by atoms with Crippen LogP contribution in [-0.2, 0) is 20.5 Å². The van der Waals surface area contributed by atoms with Gasteiger partial charge in [-0.15, -0.1) is 5.10 Å². The Balaban J connectivity index is 2.48. The molecule has 1 atom stereocenters. The van der Waals surface area contributed by atoms with Gasteiger partial charge in [0.2, 0.25) is 0 Å². The summed E-state index contributed by atoms with van der Waals surface area (Å²) in [4.78, 5) is 0. The Morgan fingerprint density at radius 1 is 1.39 bits per heavy atom. The number of aromatic nitrogens is 5. The van der Waals surface area contributed by atoms with Gasteiger partial charge in [-0.05, 0) is 35.5 Å². The molecule has 2 heterocycles. The van der Waals surface area contributed by atoms with E-state index in [1.165, 1.54) is 0 Å². The average molecular weight is 313 g/mol. The van der Waals surface area contributed by atoms with Crippen LogP contribution in [0.5, 0.6) is 0 Å². The minimum atomic E-state index is 0.0113. The quantitative estimate of drug-likeness (QED) is 0.921. The van der Waals surface area contributed by atoms with E-state index in [0.717, 1.165) is 28.1 Å². The predicted molar refractivity (Wildman–Crippen MR) is 72.2 cm³/mol.